The first-order chi connectivity index (χ1) is 9.92. The van der Waals surface area contributed by atoms with Gasteiger partial charge in [0, 0.05) is 16.3 Å². The zero-order chi connectivity index (χ0) is 15.5. The zero-order valence-electron chi connectivity index (χ0n) is 11.6. The second-order valence-electron chi connectivity index (χ2n) is 4.41. The maximum absolute atomic E-state index is 12.1. The molecule has 0 amide bonds. The highest BCUT2D eigenvalue weighted by Gasteiger charge is 2.11. The van der Waals surface area contributed by atoms with Gasteiger partial charge < -0.3 is 4.74 Å². The number of aryl methyl sites for hydroxylation is 1. The van der Waals surface area contributed by atoms with Gasteiger partial charge in [-0.2, -0.15) is 12.8 Å². The van der Waals surface area contributed by atoms with Crippen LogP contribution in [-0.2, 0) is 10.0 Å². The van der Waals surface area contributed by atoms with Gasteiger partial charge in [-0.25, -0.2) is 0 Å². The quantitative estimate of drug-likeness (QED) is 0.776. The molecule has 0 aliphatic rings. The second kappa shape index (κ2) is 6.41. The molecule has 0 bridgehead atoms. The lowest BCUT2D eigenvalue weighted by Gasteiger charge is -2.03. The summed E-state index contributed by atoms with van der Waals surface area (Å²) in [6.45, 7) is 1.90. The maximum atomic E-state index is 12.1. The van der Waals surface area contributed by atoms with E-state index in [9.17, 15) is 8.42 Å². The number of rotatable bonds is 4. The van der Waals surface area contributed by atoms with Crippen LogP contribution in [0.4, 0.5) is 0 Å². The van der Waals surface area contributed by atoms with E-state index in [0.29, 0.717) is 15.8 Å². The van der Waals surface area contributed by atoms with Crippen LogP contribution in [0.15, 0.2) is 56.2 Å². The van der Waals surface area contributed by atoms with Gasteiger partial charge in [0.15, 0.2) is 0 Å². The summed E-state index contributed by atoms with van der Waals surface area (Å²) in [5, 5.41) is 0. The number of nitrogens with zero attached hydrogens (tertiary/aromatic N) is 1. The number of halogens is 1. The normalized spacial score (nSPS) is 11.8. The van der Waals surface area contributed by atoms with Gasteiger partial charge in [0.25, 0.3) is 10.0 Å². The first-order valence-corrected chi connectivity index (χ1v) is 8.36. The van der Waals surface area contributed by atoms with Gasteiger partial charge in [-0.15, -0.1) is 0 Å². The fourth-order valence-corrected chi connectivity index (χ4v) is 2.95. The fraction of sp³-hybridized carbons (Fsp3) is 0.133. The van der Waals surface area contributed by atoms with Crippen LogP contribution >= 0.6 is 15.9 Å². The molecule has 0 radical (unpaired) electrons. The molecule has 0 heterocycles. The molecule has 0 aliphatic carbocycles. The predicted octanol–water partition coefficient (Wildman–Crippen LogP) is 3.57. The molecule has 2 aromatic rings. The third kappa shape index (κ3) is 3.92. The second-order valence-corrected chi connectivity index (χ2v) is 6.90. The average Bonchev–Trinajstić information content (AvgIpc) is 2.46. The van der Waals surface area contributed by atoms with Crippen molar-refractivity contribution >= 4 is 32.2 Å². The van der Waals surface area contributed by atoms with Crippen molar-refractivity contribution in [2.45, 2.75) is 11.8 Å². The predicted molar refractivity (Wildman–Crippen MR) is 86.7 cm³/mol. The molecule has 21 heavy (non-hydrogen) atoms. The number of ether oxygens (including phenoxy) is 1. The van der Waals surface area contributed by atoms with E-state index >= 15 is 0 Å². The van der Waals surface area contributed by atoms with Crippen molar-refractivity contribution in [3.05, 3.63) is 58.1 Å². The summed E-state index contributed by atoms with van der Waals surface area (Å²) in [5.74, 6) is 0.681. The Morgan fingerprint density at radius 1 is 1.14 bits per heavy atom. The van der Waals surface area contributed by atoms with Crippen molar-refractivity contribution in [1.82, 2.24) is 0 Å². The van der Waals surface area contributed by atoms with Crippen LogP contribution in [0.1, 0.15) is 11.1 Å². The number of hydrogen-bond donors (Lipinski definition) is 0. The fourth-order valence-electron chi connectivity index (χ4n) is 1.64. The van der Waals surface area contributed by atoms with E-state index in [1.54, 1.807) is 49.6 Å². The number of benzene rings is 2. The molecule has 4 nitrogen and oxygen atoms in total. The molecule has 0 saturated heterocycles. The van der Waals surface area contributed by atoms with E-state index in [-0.39, 0.29) is 4.90 Å². The van der Waals surface area contributed by atoms with Crippen molar-refractivity contribution in [2.75, 3.05) is 7.11 Å². The SMILES string of the molecule is COc1ccc(C=NS(=O)(=O)c2ccc(C)cc2)c(Br)c1. The molecule has 2 aromatic carbocycles. The van der Waals surface area contributed by atoms with Crippen molar-refractivity contribution in [3.8, 4) is 5.75 Å². The minimum Gasteiger partial charge on any atom is -0.497 e. The summed E-state index contributed by atoms with van der Waals surface area (Å²) in [6.07, 6.45) is 1.32. The van der Waals surface area contributed by atoms with E-state index in [4.69, 9.17) is 4.74 Å². The number of methoxy groups -OCH3 is 1. The summed E-state index contributed by atoms with van der Waals surface area (Å²) in [4.78, 5) is 0.175. The minimum absolute atomic E-state index is 0.175. The Kier molecular flexibility index (Phi) is 4.80. The van der Waals surface area contributed by atoms with E-state index in [1.165, 1.54) is 6.21 Å². The molecule has 0 fully saturated rings. The molecule has 6 heteroatoms. The topological polar surface area (TPSA) is 55.7 Å². The van der Waals surface area contributed by atoms with Gasteiger partial charge in [0.05, 0.1) is 12.0 Å². The number of hydrogen-bond acceptors (Lipinski definition) is 3. The Morgan fingerprint density at radius 2 is 1.81 bits per heavy atom. The molecule has 0 atom stereocenters. The lowest BCUT2D eigenvalue weighted by atomic mass is 10.2. The Hall–Kier alpha value is -1.66. The first-order valence-electron chi connectivity index (χ1n) is 6.13. The Balaban J connectivity index is 2.29. The molecule has 0 aromatic heterocycles. The van der Waals surface area contributed by atoms with Crippen molar-refractivity contribution in [3.63, 3.8) is 0 Å². The smallest absolute Gasteiger partial charge is 0.282 e. The summed E-state index contributed by atoms with van der Waals surface area (Å²) in [5.41, 5.74) is 1.65. The molecule has 2 rings (SSSR count). The van der Waals surface area contributed by atoms with E-state index in [1.807, 2.05) is 6.92 Å². The van der Waals surface area contributed by atoms with Crippen LogP contribution in [-0.4, -0.2) is 21.7 Å². The third-order valence-corrected chi connectivity index (χ3v) is 4.79. The van der Waals surface area contributed by atoms with Crippen molar-refractivity contribution in [1.29, 1.82) is 0 Å². The third-order valence-electron chi connectivity index (χ3n) is 2.86. The molecule has 0 aliphatic heterocycles. The van der Waals surface area contributed by atoms with E-state index in [0.717, 1.165) is 5.56 Å². The zero-order valence-corrected chi connectivity index (χ0v) is 14.0. The van der Waals surface area contributed by atoms with Crippen molar-refractivity contribution < 1.29 is 13.2 Å². The van der Waals surface area contributed by atoms with Crippen LogP contribution < -0.4 is 4.74 Å². The molecular weight excluding hydrogens is 354 g/mol. The highest BCUT2D eigenvalue weighted by atomic mass is 79.9. The molecule has 0 N–H and O–H groups in total. The molecular formula is C15H14BrNO3S. The van der Waals surface area contributed by atoms with Crippen LogP contribution in [0.2, 0.25) is 0 Å². The van der Waals surface area contributed by atoms with Gasteiger partial charge >= 0.3 is 0 Å². The maximum Gasteiger partial charge on any atom is 0.282 e. The largest absolute Gasteiger partial charge is 0.497 e. The highest BCUT2D eigenvalue weighted by Crippen LogP contribution is 2.22. The molecule has 0 saturated carbocycles. The monoisotopic (exact) mass is 367 g/mol. The van der Waals surface area contributed by atoms with Crippen LogP contribution in [0.25, 0.3) is 0 Å². The highest BCUT2D eigenvalue weighted by molar-refractivity contribution is 9.10. The summed E-state index contributed by atoms with van der Waals surface area (Å²) >= 11 is 3.36. The molecule has 110 valence electrons. The Labute approximate surface area is 132 Å². The first kappa shape index (κ1) is 15.7. The molecule has 0 unspecified atom stereocenters. The van der Waals surface area contributed by atoms with Gasteiger partial charge in [0.1, 0.15) is 5.75 Å². The summed E-state index contributed by atoms with van der Waals surface area (Å²) in [7, 11) is -2.12. The lowest BCUT2D eigenvalue weighted by Crippen LogP contribution is -1.98. The standard InChI is InChI=1S/C15H14BrNO3S/c1-11-3-7-14(8-4-11)21(18,19)17-10-12-5-6-13(20-2)9-15(12)16/h3-10H,1-2H3. The van der Waals surface area contributed by atoms with Gasteiger partial charge in [-0.1, -0.05) is 17.7 Å². The Bertz CT molecular complexity index is 768. The van der Waals surface area contributed by atoms with Gasteiger partial charge in [0.2, 0.25) is 0 Å². The molecule has 0 spiro atoms. The van der Waals surface area contributed by atoms with Gasteiger partial charge in [-0.05, 0) is 53.2 Å². The van der Waals surface area contributed by atoms with Crippen LogP contribution in [0.3, 0.4) is 0 Å². The van der Waals surface area contributed by atoms with Crippen molar-refractivity contribution in [2.24, 2.45) is 4.40 Å². The lowest BCUT2D eigenvalue weighted by molar-refractivity contribution is 0.414. The Morgan fingerprint density at radius 3 is 2.38 bits per heavy atom. The number of sulfonamides is 1. The van der Waals surface area contributed by atoms with Crippen LogP contribution in [0, 0.1) is 6.92 Å². The van der Waals surface area contributed by atoms with E-state index in [2.05, 4.69) is 20.3 Å². The summed E-state index contributed by atoms with van der Waals surface area (Å²) < 4.78 is 33.7. The average molecular weight is 368 g/mol. The van der Waals surface area contributed by atoms with Crippen LogP contribution in [0.5, 0.6) is 5.75 Å². The van der Waals surface area contributed by atoms with E-state index < -0.39 is 10.0 Å². The van der Waals surface area contributed by atoms with Gasteiger partial charge in [-0.3, -0.25) is 0 Å². The minimum atomic E-state index is -3.69. The summed E-state index contributed by atoms with van der Waals surface area (Å²) in [6, 6.07) is 11.8.